The highest BCUT2D eigenvalue weighted by molar-refractivity contribution is 7.98. The summed E-state index contributed by atoms with van der Waals surface area (Å²) in [6.07, 6.45) is 4.52. The SMILES string of the molecule is CSc1ccc(-c2ccc(C=O)nc2)cc1. The number of benzene rings is 1. The van der Waals surface area contributed by atoms with Crippen molar-refractivity contribution in [2.75, 3.05) is 6.26 Å². The Hall–Kier alpha value is -1.61. The number of pyridine rings is 1. The molecule has 0 saturated carbocycles. The number of rotatable bonds is 3. The second kappa shape index (κ2) is 4.94. The van der Waals surface area contributed by atoms with E-state index in [4.69, 9.17) is 0 Å². The number of carbonyl (C=O) groups is 1. The zero-order chi connectivity index (χ0) is 11.4. The highest BCUT2D eigenvalue weighted by atomic mass is 32.2. The first-order valence-electron chi connectivity index (χ1n) is 4.89. The van der Waals surface area contributed by atoms with Crippen LogP contribution in [-0.2, 0) is 0 Å². The summed E-state index contributed by atoms with van der Waals surface area (Å²) in [5, 5.41) is 0. The van der Waals surface area contributed by atoms with E-state index in [2.05, 4.69) is 35.5 Å². The number of hydrogen-bond donors (Lipinski definition) is 0. The smallest absolute Gasteiger partial charge is 0.168 e. The zero-order valence-electron chi connectivity index (χ0n) is 8.88. The lowest BCUT2D eigenvalue weighted by Crippen LogP contribution is -1.86. The molecule has 0 aliphatic carbocycles. The number of carbonyl (C=O) groups excluding carboxylic acids is 1. The van der Waals surface area contributed by atoms with Crippen molar-refractivity contribution < 1.29 is 4.79 Å². The lowest BCUT2D eigenvalue weighted by Gasteiger charge is -2.02. The minimum absolute atomic E-state index is 0.462. The van der Waals surface area contributed by atoms with Gasteiger partial charge in [0, 0.05) is 16.7 Å². The van der Waals surface area contributed by atoms with E-state index in [1.807, 2.05) is 6.07 Å². The molecular weight excluding hydrogens is 218 g/mol. The van der Waals surface area contributed by atoms with Gasteiger partial charge in [-0.15, -0.1) is 11.8 Å². The van der Waals surface area contributed by atoms with E-state index in [9.17, 15) is 4.79 Å². The van der Waals surface area contributed by atoms with Crippen LogP contribution < -0.4 is 0 Å². The number of thioether (sulfide) groups is 1. The van der Waals surface area contributed by atoms with Gasteiger partial charge in [-0.2, -0.15) is 0 Å². The van der Waals surface area contributed by atoms with Gasteiger partial charge >= 0.3 is 0 Å². The molecular formula is C13H11NOS. The molecule has 1 heterocycles. The number of hydrogen-bond acceptors (Lipinski definition) is 3. The van der Waals surface area contributed by atoms with E-state index in [-0.39, 0.29) is 0 Å². The first-order chi connectivity index (χ1) is 7.83. The first-order valence-corrected chi connectivity index (χ1v) is 6.11. The monoisotopic (exact) mass is 229 g/mol. The second-order valence-corrected chi connectivity index (χ2v) is 4.20. The Balaban J connectivity index is 2.31. The second-order valence-electron chi connectivity index (χ2n) is 3.32. The molecule has 0 bridgehead atoms. The average molecular weight is 229 g/mol. The van der Waals surface area contributed by atoms with Gasteiger partial charge in [0.1, 0.15) is 5.69 Å². The van der Waals surface area contributed by atoms with Crippen LogP contribution in [0.4, 0.5) is 0 Å². The van der Waals surface area contributed by atoms with Gasteiger partial charge in [0.15, 0.2) is 6.29 Å². The fraction of sp³-hybridized carbons (Fsp3) is 0.0769. The van der Waals surface area contributed by atoms with Crippen LogP contribution in [0.15, 0.2) is 47.5 Å². The molecule has 0 saturated heterocycles. The van der Waals surface area contributed by atoms with Gasteiger partial charge in [-0.1, -0.05) is 18.2 Å². The van der Waals surface area contributed by atoms with Crippen LogP contribution >= 0.6 is 11.8 Å². The normalized spacial score (nSPS) is 10.1. The van der Waals surface area contributed by atoms with Crippen molar-refractivity contribution in [1.82, 2.24) is 4.98 Å². The summed E-state index contributed by atoms with van der Waals surface area (Å²) in [4.78, 5) is 15.8. The summed E-state index contributed by atoms with van der Waals surface area (Å²) in [6, 6.07) is 11.9. The quantitative estimate of drug-likeness (QED) is 0.597. The lowest BCUT2D eigenvalue weighted by atomic mass is 10.1. The molecule has 3 heteroatoms. The molecule has 0 spiro atoms. The van der Waals surface area contributed by atoms with Gasteiger partial charge in [0.25, 0.3) is 0 Å². The zero-order valence-corrected chi connectivity index (χ0v) is 9.70. The summed E-state index contributed by atoms with van der Waals surface area (Å²) in [7, 11) is 0. The van der Waals surface area contributed by atoms with Crippen LogP contribution in [0.1, 0.15) is 10.5 Å². The molecule has 0 atom stereocenters. The minimum Gasteiger partial charge on any atom is -0.296 e. The van der Waals surface area contributed by atoms with Gasteiger partial charge in [-0.3, -0.25) is 9.78 Å². The molecule has 0 radical (unpaired) electrons. The van der Waals surface area contributed by atoms with Gasteiger partial charge in [0.2, 0.25) is 0 Å². The third kappa shape index (κ3) is 2.31. The maximum absolute atomic E-state index is 10.5. The predicted molar refractivity (Wildman–Crippen MR) is 66.8 cm³/mol. The molecule has 1 aromatic carbocycles. The predicted octanol–water partition coefficient (Wildman–Crippen LogP) is 3.28. The first kappa shape index (κ1) is 10.9. The summed E-state index contributed by atoms with van der Waals surface area (Å²) < 4.78 is 0. The Morgan fingerprint density at radius 2 is 1.75 bits per heavy atom. The molecule has 0 amide bonds. The number of aromatic nitrogens is 1. The molecule has 16 heavy (non-hydrogen) atoms. The standard InChI is InChI=1S/C13H11NOS/c1-16-13-6-3-10(4-7-13)11-2-5-12(9-15)14-8-11/h2-9H,1H3. The van der Waals surface area contributed by atoms with E-state index in [1.54, 1.807) is 24.0 Å². The Morgan fingerprint density at radius 3 is 2.25 bits per heavy atom. The molecule has 0 N–H and O–H groups in total. The van der Waals surface area contributed by atoms with E-state index >= 15 is 0 Å². The molecule has 80 valence electrons. The van der Waals surface area contributed by atoms with E-state index < -0.39 is 0 Å². The molecule has 0 aliphatic rings. The number of aldehydes is 1. The molecule has 0 unspecified atom stereocenters. The van der Waals surface area contributed by atoms with E-state index in [1.165, 1.54) is 4.90 Å². The van der Waals surface area contributed by atoms with Gasteiger partial charge in [-0.25, -0.2) is 0 Å². The fourth-order valence-corrected chi connectivity index (χ4v) is 1.84. The highest BCUT2D eigenvalue weighted by Gasteiger charge is 1.98. The summed E-state index contributed by atoms with van der Waals surface area (Å²) >= 11 is 1.72. The maximum Gasteiger partial charge on any atom is 0.168 e. The van der Waals surface area contributed by atoms with Crippen molar-refractivity contribution in [1.29, 1.82) is 0 Å². The van der Waals surface area contributed by atoms with Crippen molar-refractivity contribution >= 4 is 18.0 Å². The number of nitrogens with zero attached hydrogens (tertiary/aromatic N) is 1. The van der Waals surface area contributed by atoms with Crippen molar-refractivity contribution in [3.63, 3.8) is 0 Å². The molecule has 0 fully saturated rings. The summed E-state index contributed by atoms with van der Waals surface area (Å²) in [5.74, 6) is 0. The van der Waals surface area contributed by atoms with Crippen LogP contribution in [-0.4, -0.2) is 17.5 Å². The van der Waals surface area contributed by atoms with Crippen molar-refractivity contribution in [2.24, 2.45) is 0 Å². The van der Waals surface area contributed by atoms with Gasteiger partial charge in [-0.05, 0) is 30.0 Å². The van der Waals surface area contributed by atoms with E-state index in [0.29, 0.717) is 5.69 Å². The largest absolute Gasteiger partial charge is 0.296 e. The van der Waals surface area contributed by atoms with Crippen molar-refractivity contribution in [3.05, 3.63) is 48.3 Å². The minimum atomic E-state index is 0.462. The highest BCUT2D eigenvalue weighted by Crippen LogP contribution is 2.22. The molecule has 1 aromatic heterocycles. The van der Waals surface area contributed by atoms with E-state index in [0.717, 1.165) is 17.4 Å². The maximum atomic E-state index is 10.5. The Bertz CT molecular complexity index is 476. The van der Waals surface area contributed by atoms with Crippen molar-refractivity contribution in [2.45, 2.75) is 4.90 Å². The Morgan fingerprint density at radius 1 is 1.06 bits per heavy atom. The van der Waals surface area contributed by atoms with Crippen LogP contribution in [0.3, 0.4) is 0 Å². The molecule has 2 nitrogen and oxygen atoms in total. The van der Waals surface area contributed by atoms with Crippen LogP contribution in [0.2, 0.25) is 0 Å². The van der Waals surface area contributed by atoms with Gasteiger partial charge < -0.3 is 0 Å². The topological polar surface area (TPSA) is 30.0 Å². The van der Waals surface area contributed by atoms with Crippen LogP contribution in [0.25, 0.3) is 11.1 Å². The molecule has 0 aliphatic heterocycles. The summed E-state index contributed by atoms with van der Waals surface area (Å²) in [6.45, 7) is 0. The van der Waals surface area contributed by atoms with Crippen LogP contribution in [0, 0.1) is 0 Å². The van der Waals surface area contributed by atoms with Crippen molar-refractivity contribution in [3.8, 4) is 11.1 Å². The molecule has 2 aromatic rings. The average Bonchev–Trinajstić information content (AvgIpc) is 2.39. The third-order valence-electron chi connectivity index (χ3n) is 2.33. The summed E-state index contributed by atoms with van der Waals surface area (Å²) in [5.41, 5.74) is 2.60. The fourth-order valence-electron chi connectivity index (χ4n) is 1.43. The van der Waals surface area contributed by atoms with Crippen LogP contribution in [0.5, 0.6) is 0 Å². The lowest BCUT2D eigenvalue weighted by molar-refractivity contribution is 0.111. The Kier molecular flexibility index (Phi) is 3.37. The van der Waals surface area contributed by atoms with Gasteiger partial charge in [0.05, 0.1) is 0 Å². The molecule has 2 rings (SSSR count). The third-order valence-corrected chi connectivity index (χ3v) is 3.07. The Labute approximate surface area is 98.7 Å².